The first kappa shape index (κ1) is 23.4. The molecule has 6 nitrogen and oxygen atoms in total. The second-order valence-corrected chi connectivity index (χ2v) is 10.6. The molecule has 3 heterocycles. The Morgan fingerprint density at radius 2 is 1.76 bits per heavy atom. The van der Waals surface area contributed by atoms with Gasteiger partial charge in [0.15, 0.2) is 0 Å². The van der Waals surface area contributed by atoms with Crippen molar-refractivity contribution in [2.45, 2.75) is 89.3 Å². The number of halogens is 1. The molecule has 1 aromatic heterocycles. The zero-order valence-electron chi connectivity index (χ0n) is 19.7. The SMILES string of the molecule is CCC1CCC(Oc2ccc3nc(C(=O)N4C5CCCC4CC(C(=O)O)C5)ccc3c2Cl)CC1. The highest BCUT2D eigenvalue weighted by Gasteiger charge is 2.43. The van der Waals surface area contributed by atoms with Gasteiger partial charge >= 0.3 is 5.97 Å². The van der Waals surface area contributed by atoms with Gasteiger partial charge in [-0.25, -0.2) is 4.98 Å². The van der Waals surface area contributed by atoms with E-state index in [1.54, 1.807) is 6.07 Å². The van der Waals surface area contributed by atoms with E-state index >= 15 is 0 Å². The predicted molar refractivity (Wildman–Crippen MR) is 131 cm³/mol. The summed E-state index contributed by atoms with van der Waals surface area (Å²) >= 11 is 6.71. The van der Waals surface area contributed by atoms with Gasteiger partial charge in [0.25, 0.3) is 5.91 Å². The molecular formula is C27H33ClN2O4. The van der Waals surface area contributed by atoms with Crippen molar-refractivity contribution in [1.29, 1.82) is 0 Å². The minimum absolute atomic E-state index is 0.0271. The number of benzene rings is 1. The van der Waals surface area contributed by atoms with E-state index in [4.69, 9.17) is 16.3 Å². The van der Waals surface area contributed by atoms with E-state index in [1.165, 1.54) is 19.3 Å². The molecule has 2 aromatic rings. The highest BCUT2D eigenvalue weighted by Crippen LogP contribution is 2.39. The van der Waals surface area contributed by atoms with Crippen LogP contribution in [0.15, 0.2) is 24.3 Å². The smallest absolute Gasteiger partial charge is 0.306 e. The third kappa shape index (κ3) is 4.49. The largest absolute Gasteiger partial charge is 0.489 e. The molecule has 7 heteroatoms. The third-order valence-electron chi connectivity index (χ3n) is 8.21. The van der Waals surface area contributed by atoms with Crippen LogP contribution in [0.5, 0.6) is 5.75 Å². The molecule has 0 radical (unpaired) electrons. The zero-order chi connectivity index (χ0) is 23.8. The van der Waals surface area contributed by atoms with Gasteiger partial charge in [-0.2, -0.15) is 0 Å². The fraction of sp³-hybridized carbons (Fsp3) is 0.593. The van der Waals surface area contributed by atoms with Crippen LogP contribution in [-0.2, 0) is 4.79 Å². The van der Waals surface area contributed by atoms with Crippen molar-refractivity contribution in [3.8, 4) is 5.75 Å². The fourth-order valence-corrected chi connectivity index (χ4v) is 6.51. The van der Waals surface area contributed by atoms with Crippen molar-refractivity contribution < 1.29 is 19.4 Å². The van der Waals surface area contributed by atoms with Gasteiger partial charge in [-0.3, -0.25) is 9.59 Å². The van der Waals surface area contributed by atoms with Crippen LogP contribution in [0.25, 0.3) is 10.9 Å². The van der Waals surface area contributed by atoms with Crippen LogP contribution in [0.2, 0.25) is 5.02 Å². The van der Waals surface area contributed by atoms with E-state index < -0.39 is 5.97 Å². The number of amides is 1. The minimum Gasteiger partial charge on any atom is -0.489 e. The van der Waals surface area contributed by atoms with Gasteiger partial charge in [-0.15, -0.1) is 0 Å². The van der Waals surface area contributed by atoms with Gasteiger partial charge in [0, 0.05) is 17.5 Å². The molecule has 3 fully saturated rings. The van der Waals surface area contributed by atoms with E-state index in [0.717, 1.165) is 43.4 Å². The Morgan fingerprint density at radius 3 is 2.41 bits per heavy atom. The van der Waals surface area contributed by atoms with Crippen LogP contribution in [0.3, 0.4) is 0 Å². The van der Waals surface area contributed by atoms with Crippen LogP contribution in [0, 0.1) is 11.8 Å². The first-order valence-electron chi connectivity index (χ1n) is 12.8. The lowest BCUT2D eigenvalue weighted by Gasteiger charge is -2.47. The van der Waals surface area contributed by atoms with E-state index in [1.807, 2.05) is 23.1 Å². The maximum atomic E-state index is 13.5. The summed E-state index contributed by atoms with van der Waals surface area (Å²) in [6, 6.07) is 7.29. The summed E-state index contributed by atoms with van der Waals surface area (Å²) in [5.41, 5.74) is 1.06. The predicted octanol–water partition coefficient (Wildman–Crippen LogP) is 6.09. The number of hydrogen-bond acceptors (Lipinski definition) is 4. The lowest BCUT2D eigenvalue weighted by Crippen LogP contribution is -2.55. The van der Waals surface area contributed by atoms with Gasteiger partial charge in [0.05, 0.1) is 22.6 Å². The van der Waals surface area contributed by atoms with E-state index in [9.17, 15) is 14.7 Å². The van der Waals surface area contributed by atoms with Crippen molar-refractivity contribution in [3.05, 3.63) is 35.0 Å². The average Bonchev–Trinajstić information content (AvgIpc) is 2.84. The molecule has 1 N–H and O–H groups in total. The monoisotopic (exact) mass is 484 g/mol. The molecular weight excluding hydrogens is 452 g/mol. The molecule has 182 valence electrons. The summed E-state index contributed by atoms with van der Waals surface area (Å²) in [6.45, 7) is 2.25. The highest BCUT2D eigenvalue weighted by molar-refractivity contribution is 6.36. The van der Waals surface area contributed by atoms with Crippen LogP contribution in [0.4, 0.5) is 0 Å². The number of aromatic nitrogens is 1. The second-order valence-electron chi connectivity index (χ2n) is 10.3. The highest BCUT2D eigenvalue weighted by atomic mass is 35.5. The number of carboxylic acid groups (broad SMARTS) is 1. The standard InChI is InChI=1S/C27H33ClN2O4/c1-2-16-6-8-20(9-7-16)34-24-13-12-22-21(25(24)28)10-11-23(29-22)26(31)30-18-4-3-5-19(30)15-17(14-18)27(32)33/h10-13,16-20H,2-9,14-15H2,1H3,(H,32,33). The Kier molecular flexibility index (Phi) is 6.70. The molecule has 2 saturated heterocycles. The van der Waals surface area contributed by atoms with Crippen molar-refractivity contribution >= 4 is 34.4 Å². The molecule has 1 aromatic carbocycles. The number of nitrogens with zero attached hydrogens (tertiary/aromatic N) is 2. The van der Waals surface area contributed by atoms with Crippen molar-refractivity contribution in [3.63, 3.8) is 0 Å². The first-order chi connectivity index (χ1) is 16.4. The summed E-state index contributed by atoms with van der Waals surface area (Å²) in [5.74, 6) is 0.267. The lowest BCUT2D eigenvalue weighted by molar-refractivity contribution is -0.145. The van der Waals surface area contributed by atoms with Gasteiger partial charge in [-0.05, 0) is 88.0 Å². The second kappa shape index (κ2) is 9.73. The number of hydrogen-bond donors (Lipinski definition) is 1. The van der Waals surface area contributed by atoms with Crippen molar-refractivity contribution in [1.82, 2.24) is 9.88 Å². The summed E-state index contributed by atoms with van der Waals surface area (Å²) < 4.78 is 6.26. The van der Waals surface area contributed by atoms with Gasteiger partial charge in [0.1, 0.15) is 11.4 Å². The molecule has 1 amide bonds. The zero-order valence-corrected chi connectivity index (χ0v) is 20.5. The number of carboxylic acids is 1. The van der Waals surface area contributed by atoms with Gasteiger partial charge in [-0.1, -0.05) is 24.9 Å². The first-order valence-corrected chi connectivity index (χ1v) is 13.1. The topological polar surface area (TPSA) is 79.7 Å². The summed E-state index contributed by atoms with van der Waals surface area (Å²) in [5, 5.41) is 10.8. The van der Waals surface area contributed by atoms with Crippen LogP contribution in [0.1, 0.15) is 81.6 Å². The number of ether oxygens (including phenoxy) is 1. The number of carbonyl (C=O) groups excluding carboxylic acids is 1. The van der Waals surface area contributed by atoms with Gasteiger partial charge in [0.2, 0.25) is 0 Å². The molecule has 1 aliphatic carbocycles. The average molecular weight is 485 g/mol. The van der Waals surface area contributed by atoms with Crippen molar-refractivity contribution in [2.24, 2.45) is 11.8 Å². The Hall–Kier alpha value is -2.34. The lowest BCUT2D eigenvalue weighted by atomic mass is 9.78. The van der Waals surface area contributed by atoms with E-state index in [-0.39, 0.29) is 30.0 Å². The quantitative estimate of drug-likeness (QED) is 0.555. The Morgan fingerprint density at radius 1 is 1.06 bits per heavy atom. The van der Waals surface area contributed by atoms with E-state index in [2.05, 4.69) is 11.9 Å². The maximum absolute atomic E-state index is 13.5. The molecule has 0 spiro atoms. The molecule has 5 rings (SSSR count). The third-order valence-corrected chi connectivity index (χ3v) is 8.60. The Bertz CT molecular complexity index is 1070. The summed E-state index contributed by atoms with van der Waals surface area (Å²) in [6.07, 6.45) is 9.73. The molecule has 2 bridgehead atoms. The molecule has 1 saturated carbocycles. The summed E-state index contributed by atoms with van der Waals surface area (Å²) in [4.78, 5) is 31.6. The van der Waals surface area contributed by atoms with Crippen LogP contribution < -0.4 is 4.74 Å². The molecule has 2 aliphatic heterocycles. The molecule has 2 atom stereocenters. The van der Waals surface area contributed by atoms with E-state index in [0.29, 0.717) is 34.8 Å². The molecule has 34 heavy (non-hydrogen) atoms. The molecule has 3 aliphatic rings. The van der Waals surface area contributed by atoms with Crippen molar-refractivity contribution in [2.75, 3.05) is 0 Å². The maximum Gasteiger partial charge on any atom is 0.306 e. The normalized spacial score (nSPS) is 29.1. The number of piperidine rings is 2. The number of rotatable bonds is 5. The Labute approximate surface area is 205 Å². The molecule has 2 unspecified atom stereocenters. The number of carbonyl (C=O) groups is 2. The Balaban J connectivity index is 1.34. The fourth-order valence-electron chi connectivity index (χ4n) is 6.24. The number of pyridine rings is 1. The minimum atomic E-state index is -0.751. The van der Waals surface area contributed by atoms with Crippen LogP contribution in [-0.4, -0.2) is 45.1 Å². The van der Waals surface area contributed by atoms with Gasteiger partial charge < -0.3 is 14.7 Å². The number of fused-ring (bicyclic) bond motifs is 3. The number of aliphatic carboxylic acids is 1. The van der Waals surface area contributed by atoms with Crippen LogP contribution >= 0.6 is 11.6 Å². The summed E-state index contributed by atoms with van der Waals surface area (Å²) in [7, 11) is 0.